The summed E-state index contributed by atoms with van der Waals surface area (Å²) in [5, 5.41) is 11.7. The van der Waals surface area contributed by atoms with E-state index in [0.717, 1.165) is 5.69 Å². The molecule has 0 radical (unpaired) electrons. The summed E-state index contributed by atoms with van der Waals surface area (Å²) in [4.78, 5) is 4.31. The lowest BCUT2D eigenvalue weighted by molar-refractivity contribution is 0.318. The Morgan fingerprint density at radius 2 is 2.28 bits per heavy atom. The van der Waals surface area contributed by atoms with Crippen molar-refractivity contribution in [2.75, 3.05) is 7.11 Å². The van der Waals surface area contributed by atoms with Crippen molar-refractivity contribution in [2.24, 2.45) is 10.9 Å². The molecule has 6 heteroatoms. The van der Waals surface area contributed by atoms with Gasteiger partial charge in [0, 0.05) is 12.3 Å². The van der Waals surface area contributed by atoms with Gasteiger partial charge in [0.1, 0.15) is 0 Å². The Bertz CT molecular complexity index is 563. The summed E-state index contributed by atoms with van der Waals surface area (Å²) in [5.74, 6) is 0.632. The predicted octanol–water partition coefficient (Wildman–Crippen LogP) is 1.03. The zero-order chi connectivity index (χ0) is 13.0. The molecule has 6 nitrogen and oxygen atoms in total. The van der Waals surface area contributed by atoms with Gasteiger partial charge in [0.25, 0.3) is 0 Å². The van der Waals surface area contributed by atoms with E-state index in [0.29, 0.717) is 18.1 Å². The van der Waals surface area contributed by atoms with E-state index in [2.05, 4.69) is 10.1 Å². The molecule has 0 aromatic carbocycles. The number of hydrogen-bond donors (Lipinski definition) is 2. The summed E-state index contributed by atoms with van der Waals surface area (Å²) in [5.41, 5.74) is 7.06. The average Bonchev–Trinajstić information content (AvgIpc) is 2.86. The third kappa shape index (κ3) is 2.42. The highest BCUT2D eigenvalue weighted by Gasteiger charge is 2.07. The van der Waals surface area contributed by atoms with Crippen LogP contribution in [0.25, 0.3) is 0 Å². The molecule has 94 valence electrons. The Balaban J connectivity index is 2.26. The zero-order valence-corrected chi connectivity index (χ0v) is 9.95. The average molecular weight is 246 g/mol. The van der Waals surface area contributed by atoms with E-state index in [9.17, 15) is 0 Å². The van der Waals surface area contributed by atoms with Gasteiger partial charge < -0.3 is 20.2 Å². The first-order valence-electron chi connectivity index (χ1n) is 5.37. The topological polar surface area (TPSA) is 85.7 Å². The van der Waals surface area contributed by atoms with E-state index in [1.165, 1.54) is 0 Å². The molecule has 3 N–H and O–H groups in total. The van der Waals surface area contributed by atoms with Gasteiger partial charge in [-0.15, -0.1) is 0 Å². The van der Waals surface area contributed by atoms with Crippen molar-refractivity contribution in [1.29, 1.82) is 0 Å². The van der Waals surface area contributed by atoms with Crippen molar-refractivity contribution >= 4 is 5.84 Å². The van der Waals surface area contributed by atoms with E-state index >= 15 is 0 Å². The fraction of sp³-hybridized carbons (Fsp3) is 0.167. The minimum Gasteiger partial charge on any atom is -0.481 e. The Morgan fingerprint density at radius 3 is 3.00 bits per heavy atom. The Labute approximate surface area is 104 Å². The van der Waals surface area contributed by atoms with Crippen molar-refractivity contribution in [3.05, 3.63) is 47.9 Å². The van der Waals surface area contributed by atoms with E-state index in [4.69, 9.17) is 15.7 Å². The zero-order valence-electron chi connectivity index (χ0n) is 9.95. The highest BCUT2D eigenvalue weighted by molar-refractivity contribution is 5.95. The molecular weight excluding hydrogens is 232 g/mol. The number of nitrogens with zero attached hydrogens (tertiary/aromatic N) is 3. The van der Waals surface area contributed by atoms with Crippen molar-refractivity contribution in [3.8, 4) is 5.88 Å². The molecule has 2 heterocycles. The van der Waals surface area contributed by atoms with E-state index in [1.54, 1.807) is 19.2 Å². The summed E-state index contributed by atoms with van der Waals surface area (Å²) in [6, 6.07) is 9.14. The van der Waals surface area contributed by atoms with Gasteiger partial charge in [-0.25, -0.2) is 4.98 Å². The molecule has 0 aliphatic rings. The quantitative estimate of drug-likeness (QED) is 0.365. The maximum atomic E-state index is 8.69. The number of oxime groups is 1. The fourth-order valence-corrected chi connectivity index (χ4v) is 1.67. The van der Waals surface area contributed by atoms with Gasteiger partial charge in [0.15, 0.2) is 5.84 Å². The first-order chi connectivity index (χ1) is 8.74. The molecule has 2 rings (SSSR count). The van der Waals surface area contributed by atoms with E-state index in [1.807, 2.05) is 29.0 Å². The third-order valence-electron chi connectivity index (χ3n) is 2.52. The van der Waals surface area contributed by atoms with E-state index < -0.39 is 0 Å². The number of aromatic nitrogens is 2. The maximum Gasteiger partial charge on any atom is 0.213 e. The number of hydrogen-bond acceptors (Lipinski definition) is 4. The van der Waals surface area contributed by atoms with Crippen molar-refractivity contribution in [1.82, 2.24) is 9.55 Å². The van der Waals surface area contributed by atoms with Gasteiger partial charge in [0.05, 0.1) is 25.0 Å². The van der Waals surface area contributed by atoms with Crippen LogP contribution in [0.4, 0.5) is 0 Å². The molecule has 0 spiro atoms. The molecule has 0 aliphatic carbocycles. The number of pyridine rings is 1. The predicted molar refractivity (Wildman–Crippen MR) is 66.8 cm³/mol. The summed E-state index contributed by atoms with van der Waals surface area (Å²) < 4.78 is 6.91. The molecule has 2 aromatic rings. The SMILES string of the molecule is COc1cccc(Cn2cccc2/C(N)=N/O)n1. The molecule has 0 fully saturated rings. The molecule has 18 heavy (non-hydrogen) atoms. The minimum atomic E-state index is 0.0721. The van der Waals surface area contributed by atoms with Crippen LogP contribution in [-0.2, 0) is 6.54 Å². The van der Waals surface area contributed by atoms with Crippen molar-refractivity contribution in [2.45, 2.75) is 6.54 Å². The van der Waals surface area contributed by atoms with Crippen LogP contribution in [0.1, 0.15) is 11.4 Å². The second kappa shape index (κ2) is 5.22. The minimum absolute atomic E-state index is 0.0721. The standard InChI is InChI=1S/C12H14N4O2/c1-18-11-6-2-4-9(14-11)8-16-7-3-5-10(16)12(13)15-17/h2-7,17H,8H2,1H3,(H2,13,15). The first-order valence-corrected chi connectivity index (χ1v) is 5.37. The summed E-state index contributed by atoms with van der Waals surface area (Å²) in [7, 11) is 1.57. The number of amidine groups is 1. The van der Waals surface area contributed by atoms with Crippen LogP contribution in [0.5, 0.6) is 5.88 Å². The maximum absolute atomic E-state index is 8.69. The highest BCUT2D eigenvalue weighted by Crippen LogP contribution is 2.10. The second-order valence-corrected chi connectivity index (χ2v) is 3.68. The van der Waals surface area contributed by atoms with Gasteiger partial charge in [-0.2, -0.15) is 0 Å². The molecule has 0 saturated carbocycles. The number of ether oxygens (including phenoxy) is 1. The smallest absolute Gasteiger partial charge is 0.213 e. The summed E-state index contributed by atoms with van der Waals surface area (Å²) in [6.07, 6.45) is 1.84. The third-order valence-corrected chi connectivity index (χ3v) is 2.52. The van der Waals surface area contributed by atoms with Gasteiger partial charge in [-0.3, -0.25) is 0 Å². The summed E-state index contributed by atoms with van der Waals surface area (Å²) >= 11 is 0. The van der Waals surface area contributed by atoms with Crippen LogP contribution in [0.15, 0.2) is 41.7 Å². The normalized spacial score (nSPS) is 11.5. The molecule has 0 aliphatic heterocycles. The van der Waals surface area contributed by atoms with Crippen LogP contribution >= 0.6 is 0 Å². The van der Waals surface area contributed by atoms with Crippen LogP contribution in [0, 0.1) is 0 Å². The Hall–Kier alpha value is -2.50. The second-order valence-electron chi connectivity index (χ2n) is 3.68. The molecule has 2 aromatic heterocycles. The molecule has 0 unspecified atom stereocenters. The van der Waals surface area contributed by atoms with Crippen molar-refractivity contribution < 1.29 is 9.94 Å². The summed E-state index contributed by atoms with van der Waals surface area (Å²) in [6.45, 7) is 0.524. The van der Waals surface area contributed by atoms with Crippen LogP contribution in [0.2, 0.25) is 0 Å². The van der Waals surface area contributed by atoms with Gasteiger partial charge in [0.2, 0.25) is 5.88 Å². The van der Waals surface area contributed by atoms with Gasteiger partial charge in [-0.1, -0.05) is 11.2 Å². The molecule has 0 saturated heterocycles. The Kier molecular flexibility index (Phi) is 3.47. The van der Waals surface area contributed by atoms with Gasteiger partial charge in [-0.05, 0) is 18.2 Å². The molecule has 0 amide bonds. The van der Waals surface area contributed by atoms with Crippen molar-refractivity contribution in [3.63, 3.8) is 0 Å². The highest BCUT2D eigenvalue weighted by atomic mass is 16.5. The number of rotatable bonds is 4. The molecular formula is C12H14N4O2. The lowest BCUT2D eigenvalue weighted by Crippen LogP contribution is -2.18. The van der Waals surface area contributed by atoms with Crippen LogP contribution in [0.3, 0.4) is 0 Å². The fourth-order valence-electron chi connectivity index (χ4n) is 1.67. The first kappa shape index (κ1) is 12.0. The number of nitrogens with two attached hydrogens (primary N) is 1. The molecule has 0 bridgehead atoms. The van der Waals surface area contributed by atoms with Crippen LogP contribution in [-0.4, -0.2) is 27.7 Å². The number of methoxy groups -OCH3 is 1. The lowest BCUT2D eigenvalue weighted by Gasteiger charge is -2.08. The van der Waals surface area contributed by atoms with Crippen LogP contribution < -0.4 is 10.5 Å². The molecule has 0 atom stereocenters. The van der Waals surface area contributed by atoms with Gasteiger partial charge >= 0.3 is 0 Å². The monoisotopic (exact) mass is 246 g/mol. The lowest BCUT2D eigenvalue weighted by atomic mass is 10.3. The largest absolute Gasteiger partial charge is 0.481 e. The Morgan fingerprint density at radius 1 is 1.44 bits per heavy atom. The van der Waals surface area contributed by atoms with E-state index in [-0.39, 0.29) is 5.84 Å².